The maximum absolute atomic E-state index is 12.7. The largest absolute Gasteiger partial charge is 0.483 e. The van der Waals surface area contributed by atoms with Crippen molar-refractivity contribution in [2.24, 2.45) is 5.41 Å². The summed E-state index contributed by atoms with van der Waals surface area (Å²) in [5, 5.41) is 6.89. The summed E-state index contributed by atoms with van der Waals surface area (Å²) in [6.45, 7) is 4.62. The first-order chi connectivity index (χ1) is 14.6. The van der Waals surface area contributed by atoms with Crippen molar-refractivity contribution in [2.45, 2.75) is 38.2 Å². The average molecular weight is 412 g/mol. The molecule has 8 nitrogen and oxygen atoms in total. The molecule has 4 heterocycles. The molecule has 3 aliphatic rings. The summed E-state index contributed by atoms with van der Waals surface area (Å²) in [6.07, 6.45) is 7.03. The van der Waals surface area contributed by atoms with Crippen LogP contribution in [0, 0.1) is 5.41 Å². The minimum absolute atomic E-state index is 0.0240. The predicted molar refractivity (Wildman–Crippen MR) is 112 cm³/mol. The van der Waals surface area contributed by atoms with Crippen molar-refractivity contribution in [1.82, 2.24) is 14.9 Å². The molecule has 1 spiro atoms. The number of benzene rings is 1. The lowest BCUT2D eigenvalue weighted by Crippen LogP contribution is -2.43. The molecule has 1 aromatic carbocycles. The third-order valence-corrected chi connectivity index (χ3v) is 6.47. The fourth-order valence-electron chi connectivity index (χ4n) is 4.86. The number of hydrogen-bond donors (Lipinski definition) is 1. The number of cyclic esters (lactones) is 1. The summed E-state index contributed by atoms with van der Waals surface area (Å²) in [5.74, 6) is 0.930. The molecule has 30 heavy (non-hydrogen) atoms. The first-order valence-corrected chi connectivity index (χ1v) is 10.6. The molecule has 3 aliphatic heterocycles. The Labute approximate surface area is 175 Å². The van der Waals surface area contributed by atoms with E-state index in [0.29, 0.717) is 0 Å². The second-order valence-electron chi connectivity index (χ2n) is 8.33. The van der Waals surface area contributed by atoms with Gasteiger partial charge in [-0.2, -0.15) is 0 Å². The second-order valence-corrected chi connectivity index (χ2v) is 8.33. The number of hydrogen-bond acceptors (Lipinski definition) is 7. The van der Waals surface area contributed by atoms with Crippen molar-refractivity contribution in [2.75, 3.05) is 37.6 Å². The lowest BCUT2D eigenvalue weighted by Gasteiger charge is -2.37. The molecule has 5 rings (SSSR count). The van der Waals surface area contributed by atoms with Gasteiger partial charge in [0, 0.05) is 26.1 Å². The number of para-hydroxylation sites is 2. The Hall–Kier alpha value is -2.74. The molecule has 8 heteroatoms. The minimum atomic E-state index is -0.287. The maximum atomic E-state index is 12.7. The number of carboxylic acid groups (broad SMARTS) is 1. The first kappa shape index (κ1) is 20.5. The molecule has 3 fully saturated rings. The Bertz CT molecular complexity index is 892. The van der Waals surface area contributed by atoms with Gasteiger partial charge < -0.3 is 14.7 Å². The van der Waals surface area contributed by atoms with E-state index in [4.69, 9.17) is 19.6 Å². The Morgan fingerprint density at radius 2 is 1.80 bits per heavy atom. The molecule has 1 aromatic heterocycles. The van der Waals surface area contributed by atoms with E-state index in [1.54, 1.807) is 0 Å². The number of likely N-dealkylation sites (tertiary alicyclic amines) is 1. The zero-order valence-corrected chi connectivity index (χ0v) is 17.1. The normalized spacial score (nSPS) is 23.3. The van der Waals surface area contributed by atoms with E-state index < -0.39 is 0 Å². The van der Waals surface area contributed by atoms with Crippen LogP contribution < -0.4 is 4.90 Å². The van der Waals surface area contributed by atoms with Crippen molar-refractivity contribution in [1.29, 1.82) is 0 Å². The van der Waals surface area contributed by atoms with Gasteiger partial charge in [0.2, 0.25) is 0 Å². The van der Waals surface area contributed by atoms with Crippen LogP contribution in [-0.4, -0.2) is 71.2 Å². The lowest BCUT2D eigenvalue weighted by atomic mass is 9.76. The first-order valence-electron chi connectivity index (χ1n) is 10.6. The molecule has 3 saturated heterocycles. The Morgan fingerprint density at radius 1 is 1.13 bits per heavy atom. The number of carbonyl (C=O) groups excluding carboxylic acids is 1. The van der Waals surface area contributed by atoms with Crippen LogP contribution in [0.3, 0.4) is 0 Å². The van der Waals surface area contributed by atoms with Gasteiger partial charge in [0.1, 0.15) is 11.9 Å². The average Bonchev–Trinajstić information content (AvgIpc) is 3.37. The van der Waals surface area contributed by atoms with Crippen molar-refractivity contribution in [3.63, 3.8) is 0 Å². The monoisotopic (exact) mass is 412 g/mol. The molecule has 0 bridgehead atoms. The molecule has 0 saturated carbocycles. The van der Waals surface area contributed by atoms with E-state index in [1.165, 1.54) is 12.8 Å². The van der Waals surface area contributed by atoms with Crippen molar-refractivity contribution >= 4 is 29.3 Å². The van der Waals surface area contributed by atoms with Crippen LogP contribution in [0.25, 0.3) is 11.0 Å². The molecule has 1 atom stereocenters. The standard InChI is InChI=1S/C21H26N4O2.CH2O2/c26-20-21(13-16(27-20)15-24-9-3-4-10-24)7-11-25(12-8-21)19-14-22-17-5-1-2-6-18(17)23-19;2-1-3/h1-2,5-6,14,16H,3-4,7-13,15H2;1H,(H,2,3). The summed E-state index contributed by atoms with van der Waals surface area (Å²) in [5.41, 5.74) is 1.55. The van der Waals surface area contributed by atoms with Crippen molar-refractivity contribution < 1.29 is 19.4 Å². The van der Waals surface area contributed by atoms with Gasteiger partial charge >= 0.3 is 5.97 Å². The van der Waals surface area contributed by atoms with Gasteiger partial charge in [-0.05, 0) is 50.9 Å². The summed E-state index contributed by atoms with van der Waals surface area (Å²) >= 11 is 0. The number of esters is 1. The van der Waals surface area contributed by atoms with E-state index in [-0.39, 0.29) is 24.0 Å². The second kappa shape index (κ2) is 8.95. The fraction of sp³-hybridized carbons (Fsp3) is 0.545. The summed E-state index contributed by atoms with van der Waals surface area (Å²) in [4.78, 5) is 35.0. The number of piperidine rings is 1. The molecule has 1 unspecified atom stereocenters. The lowest BCUT2D eigenvalue weighted by molar-refractivity contribution is -0.150. The number of ether oxygens (including phenoxy) is 1. The van der Waals surface area contributed by atoms with E-state index in [1.807, 2.05) is 30.5 Å². The summed E-state index contributed by atoms with van der Waals surface area (Å²) in [7, 11) is 0. The van der Waals surface area contributed by atoms with Gasteiger partial charge in [0.25, 0.3) is 6.47 Å². The highest BCUT2D eigenvalue weighted by Crippen LogP contribution is 2.44. The minimum Gasteiger partial charge on any atom is -0.483 e. The topological polar surface area (TPSA) is 95.9 Å². The van der Waals surface area contributed by atoms with Crippen LogP contribution >= 0.6 is 0 Å². The van der Waals surface area contributed by atoms with Gasteiger partial charge in [-0.1, -0.05) is 12.1 Å². The van der Waals surface area contributed by atoms with Crippen LogP contribution in [0.2, 0.25) is 0 Å². The van der Waals surface area contributed by atoms with E-state index in [2.05, 4.69) is 14.8 Å². The maximum Gasteiger partial charge on any atom is 0.312 e. The van der Waals surface area contributed by atoms with Crippen LogP contribution in [0.1, 0.15) is 32.1 Å². The van der Waals surface area contributed by atoms with E-state index in [9.17, 15) is 4.79 Å². The summed E-state index contributed by atoms with van der Waals surface area (Å²) < 4.78 is 5.79. The molecule has 0 aliphatic carbocycles. The smallest absolute Gasteiger partial charge is 0.312 e. The van der Waals surface area contributed by atoms with Crippen LogP contribution in [0.5, 0.6) is 0 Å². The van der Waals surface area contributed by atoms with Gasteiger partial charge in [-0.25, -0.2) is 4.98 Å². The van der Waals surface area contributed by atoms with Gasteiger partial charge in [-0.3, -0.25) is 19.5 Å². The summed E-state index contributed by atoms with van der Waals surface area (Å²) in [6, 6.07) is 7.94. The molecule has 0 amide bonds. The number of fused-ring (bicyclic) bond motifs is 1. The number of aromatic nitrogens is 2. The van der Waals surface area contributed by atoms with E-state index >= 15 is 0 Å². The van der Waals surface area contributed by atoms with Crippen LogP contribution in [-0.2, 0) is 14.3 Å². The Balaban J connectivity index is 0.000000687. The van der Waals surface area contributed by atoms with Crippen molar-refractivity contribution in [3.05, 3.63) is 30.5 Å². The predicted octanol–water partition coefficient (Wildman–Crippen LogP) is 2.33. The highest BCUT2D eigenvalue weighted by molar-refractivity contribution is 5.80. The Morgan fingerprint density at radius 3 is 2.50 bits per heavy atom. The molecular formula is C22H28N4O4. The SMILES string of the molecule is O=C1OC(CN2CCCC2)CC12CCN(c1cnc3ccccc3n1)CC2.O=CO. The zero-order chi connectivity index (χ0) is 21.0. The highest BCUT2D eigenvalue weighted by Gasteiger charge is 2.50. The molecule has 1 N–H and O–H groups in total. The Kier molecular flexibility index (Phi) is 6.13. The van der Waals surface area contributed by atoms with Gasteiger partial charge in [0.05, 0.1) is 22.6 Å². The van der Waals surface area contributed by atoms with Gasteiger partial charge in [0.15, 0.2) is 0 Å². The van der Waals surface area contributed by atoms with Crippen molar-refractivity contribution in [3.8, 4) is 0 Å². The molecule has 2 aromatic rings. The fourth-order valence-corrected chi connectivity index (χ4v) is 4.86. The van der Waals surface area contributed by atoms with Gasteiger partial charge in [-0.15, -0.1) is 0 Å². The zero-order valence-electron chi connectivity index (χ0n) is 17.1. The number of carbonyl (C=O) groups is 2. The number of rotatable bonds is 3. The van der Waals surface area contributed by atoms with E-state index in [0.717, 1.165) is 68.8 Å². The third kappa shape index (κ3) is 4.23. The third-order valence-electron chi connectivity index (χ3n) is 6.47. The quantitative estimate of drug-likeness (QED) is 0.606. The van der Waals surface area contributed by atoms with Crippen LogP contribution in [0.15, 0.2) is 30.5 Å². The molecule has 160 valence electrons. The highest BCUT2D eigenvalue weighted by atomic mass is 16.6. The number of anilines is 1. The number of nitrogens with zero attached hydrogens (tertiary/aromatic N) is 4. The molecule has 0 radical (unpaired) electrons. The van der Waals surface area contributed by atoms with Crippen LogP contribution in [0.4, 0.5) is 5.82 Å². The molecular weight excluding hydrogens is 384 g/mol.